The third-order valence-corrected chi connectivity index (χ3v) is 3.38. The molecular formula is C18H20O4. The van der Waals surface area contributed by atoms with Crippen LogP contribution in [0.2, 0.25) is 0 Å². The molecule has 4 nitrogen and oxygen atoms in total. The fourth-order valence-electron chi connectivity index (χ4n) is 2.30. The van der Waals surface area contributed by atoms with Crippen LogP contribution in [0, 0.1) is 13.8 Å². The van der Waals surface area contributed by atoms with Gasteiger partial charge in [-0.3, -0.25) is 4.79 Å². The maximum absolute atomic E-state index is 11.4. The second-order valence-electron chi connectivity index (χ2n) is 5.09. The van der Waals surface area contributed by atoms with E-state index in [-0.39, 0.29) is 12.4 Å². The van der Waals surface area contributed by atoms with Crippen molar-refractivity contribution in [3.63, 3.8) is 0 Å². The minimum absolute atomic E-state index is 0.248. The zero-order valence-corrected chi connectivity index (χ0v) is 13.3. The molecule has 0 unspecified atom stereocenters. The maximum Gasteiger partial charge on any atom is 0.309 e. The van der Waals surface area contributed by atoms with E-state index in [2.05, 4.69) is 0 Å². The Kier molecular flexibility index (Phi) is 5.04. The van der Waals surface area contributed by atoms with Crippen LogP contribution in [0.15, 0.2) is 36.4 Å². The van der Waals surface area contributed by atoms with Gasteiger partial charge < -0.3 is 14.2 Å². The molecule has 0 amide bonds. The van der Waals surface area contributed by atoms with Crippen LogP contribution >= 0.6 is 0 Å². The molecule has 2 rings (SSSR count). The first-order chi connectivity index (χ1) is 10.5. The van der Waals surface area contributed by atoms with E-state index in [1.165, 1.54) is 7.11 Å². The lowest BCUT2D eigenvalue weighted by atomic mass is 10.0. The normalized spacial score (nSPS) is 10.2. The van der Waals surface area contributed by atoms with E-state index >= 15 is 0 Å². The number of hydrogen-bond donors (Lipinski definition) is 0. The monoisotopic (exact) mass is 300 g/mol. The highest BCUT2D eigenvalue weighted by Gasteiger charge is 2.10. The summed E-state index contributed by atoms with van der Waals surface area (Å²) in [5, 5.41) is 0. The fourth-order valence-corrected chi connectivity index (χ4v) is 2.30. The van der Waals surface area contributed by atoms with Gasteiger partial charge in [-0.15, -0.1) is 0 Å². The SMILES string of the molecule is COC(=O)Cc1cc(C)c(Oc2ccc(OC)cc2)c(C)c1. The Labute approximate surface area is 130 Å². The average molecular weight is 300 g/mol. The van der Waals surface area contributed by atoms with Crippen LogP contribution in [0.25, 0.3) is 0 Å². The number of carbonyl (C=O) groups excluding carboxylic acids is 1. The van der Waals surface area contributed by atoms with E-state index in [9.17, 15) is 4.79 Å². The van der Waals surface area contributed by atoms with Gasteiger partial charge in [0.1, 0.15) is 17.2 Å². The summed E-state index contributed by atoms with van der Waals surface area (Å²) in [5.74, 6) is 2.09. The molecular weight excluding hydrogens is 280 g/mol. The van der Waals surface area contributed by atoms with Gasteiger partial charge in [0.15, 0.2) is 0 Å². The van der Waals surface area contributed by atoms with Crippen molar-refractivity contribution in [3.8, 4) is 17.2 Å². The first-order valence-corrected chi connectivity index (χ1v) is 7.02. The van der Waals surface area contributed by atoms with Crippen LogP contribution in [-0.4, -0.2) is 20.2 Å². The van der Waals surface area contributed by atoms with Crippen LogP contribution in [0.3, 0.4) is 0 Å². The second kappa shape index (κ2) is 6.98. The molecule has 0 atom stereocenters. The third-order valence-electron chi connectivity index (χ3n) is 3.38. The Bertz CT molecular complexity index is 636. The largest absolute Gasteiger partial charge is 0.497 e. The number of methoxy groups -OCH3 is 2. The minimum Gasteiger partial charge on any atom is -0.497 e. The Morgan fingerprint density at radius 3 is 2.00 bits per heavy atom. The molecule has 4 heteroatoms. The quantitative estimate of drug-likeness (QED) is 0.787. The first-order valence-electron chi connectivity index (χ1n) is 7.02. The van der Waals surface area contributed by atoms with Gasteiger partial charge in [-0.1, -0.05) is 12.1 Å². The molecule has 2 aromatic rings. The van der Waals surface area contributed by atoms with Crippen molar-refractivity contribution in [1.29, 1.82) is 0 Å². The van der Waals surface area contributed by atoms with Gasteiger partial charge in [-0.25, -0.2) is 0 Å². The Hall–Kier alpha value is -2.49. The number of ether oxygens (including phenoxy) is 3. The van der Waals surface area contributed by atoms with E-state index in [1.807, 2.05) is 50.2 Å². The highest BCUT2D eigenvalue weighted by atomic mass is 16.5. The van der Waals surface area contributed by atoms with Gasteiger partial charge in [-0.2, -0.15) is 0 Å². The zero-order chi connectivity index (χ0) is 16.1. The van der Waals surface area contributed by atoms with E-state index < -0.39 is 0 Å². The summed E-state index contributed by atoms with van der Waals surface area (Å²) >= 11 is 0. The summed E-state index contributed by atoms with van der Waals surface area (Å²) in [6.45, 7) is 3.93. The van der Waals surface area contributed by atoms with E-state index in [0.29, 0.717) is 0 Å². The third kappa shape index (κ3) is 3.79. The van der Waals surface area contributed by atoms with Crippen molar-refractivity contribution in [2.45, 2.75) is 20.3 Å². The number of esters is 1. The molecule has 0 aliphatic heterocycles. The first kappa shape index (κ1) is 15.9. The van der Waals surface area contributed by atoms with Gasteiger partial charge in [0.2, 0.25) is 0 Å². The molecule has 0 aromatic heterocycles. The van der Waals surface area contributed by atoms with E-state index in [4.69, 9.17) is 14.2 Å². The molecule has 0 aliphatic rings. The maximum atomic E-state index is 11.4. The Morgan fingerprint density at radius 1 is 0.955 bits per heavy atom. The lowest BCUT2D eigenvalue weighted by molar-refractivity contribution is -0.139. The Balaban J connectivity index is 2.21. The van der Waals surface area contributed by atoms with Crippen LogP contribution in [0.1, 0.15) is 16.7 Å². The van der Waals surface area contributed by atoms with Gasteiger partial charge in [0.05, 0.1) is 20.6 Å². The summed E-state index contributed by atoms with van der Waals surface area (Å²) in [6.07, 6.45) is 0.265. The van der Waals surface area contributed by atoms with Crippen LogP contribution < -0.4 is 9.47 Å². The highest BCUT2D eigenvalue weighted by Crippen LogP contribution is 2.31. The molecule has 0 bridgehead atoms. The average Bonchev–Trinajstić information content (AvgIpc) is 2.51. The lowest BCUT2D eigenvalue weighted by Crippen LogP contribution is -2.05. The highest BCUT2D eigenvalue weighted by molar-refractivity contribution is 5.72. The second-order valence-corrected chi connectivity index (χ2v) is 5.09. The summed E-state index contributed by atoms with van der Waals surface area (Å²) < 4.78 is 15.8. The van der Waals surface area contributed by atoms with Crippen molar-refractivity contribution in [2.24, 2.45) is 0 Å². The van der Waals surface area contributed by atoms with Gasteiger partial charge in [0.25, 0.3) is 0 Å². The number of benzene rings is 2. The predicted molar refractivity (Wildman–Crippen MR) is 84.7 cm³/mol. The molecule has 0 fully saturated rings. The standard InChI is InChI=1S/C18H20O4/c1-12-9-14(11-17(19)21-4)10-13(2)18(12)22-16-7-5-15(20-3)6-8-16/h5-10H,11H2,1-4H3. The molecule has 0 radical (unpaired) electrons. The van der Waals surface area contributed by atoms with Gasteiger partial charge in [-0.05, 0) is 54.8 Å². The number of carbonyl (C=O) groups is 1. The molecule has 0 saturated carbocycles. The summed E-state index contributed by atoms with van der Waals surface area (Å²) in [4.78, 5) is 11.4. The van der Waals surface area contributed by atoms with Crippen molar-refractivity contribution in [3.05, 3.63) is 53.1 Å². The fraction of sp³-hybridized carbons (Fsp3) is 0.278. The smallest absolute Gasteiger partial charge is 0.309 e. The number of rotatable bonds is 5. The van der Waals surface area contributed by atoms with E-state index in [0.717, 1.165) is 33.9 Å². The summed E-state index contributed by atoms with van der Waals surface area (Å²) in [5.41, 5.74) is 2.88. The number of hydrogen-bond acceptors (Lipinski definition) is 4. The lowest BCUT2D eigenvalue weighted by Gasteiger charge is -2.14. The van der Waals surface area contributed by atoms with Crippen molar-refractivity contribution in [2.75, 3.05) is 14.2 Å². The number of aryl methyl sites for hydroxylation is 2. The van der Waals surface area contributed by atoms with Crippen LogP contribution in [-0.2, 0) is 16.0 Å². The molecule has 0 aliphatic carbocycles. The van der Waals surface area contributed by atoms with Crippen molar-refractivity contribution >= 4 is 5.97 Å². The summed E-state index contributed by atoms with van der Waals surface area (Å²) in [6, 6.07) is 11.3. The zero-order valence-electron chi connectivity index (χ0n) is 13.3. The predicted octanol–water partition coefficient (Wildman–Crippen LogP) is 3.82. The van der Waals surface area contributed by atoms with E-state index in [1.54, 1.807) is 7.11 Å². The molecule has 116 valence electrons. The van der Waals surface area contributed by atoms with Crippen molar-refractivity contribution in [1.82, 2.24) is 0 Å². The van der Waals surface area contributed by atoms with Gasteiger partial charge >= 0.3 is 5.97 Å². The molecule has 0 heterocycles. The molecule has 22 heavy (non-hydrogen) atoms. The molecule has 0 spiro atoms. The molecule has 0 saturated heterocycles. The minimum atomic E-state index is -0.248. The molecule has 2 aromatic carbocycles. The van der Waals surface area contributed by atoms with Gasteiger partial charge in [0, 0.05) is 0 Å². The van der Waals surface area contributed by atoms with Crippen molar-refractivity contribution < 1.29 is 19.0 Å². The molecule has 0 N–H and O–H groups in total. The van der Waals surface area contributed by atoms with Crippen LogP contribution in [0.4, 0.5) is 0 Å². The Morgan fingerprint density at radius 2 is 1.50 bits per heavy atom. The summed E-state index contributed by atoms with van der Waals surface area (Å²) in [7, 11) is 3.02. The topological polar surface area (TPSA) is 44.8 Å². The van der Waals surface area contributed by atoms with Crippen LogP contribution in [0.5, 0.6) is 17.2 Å².